The Bertz CT molecular complexity index is 608. The summed E-state index contributed by atoms with van der Waals surface area (Å²) in [4.78, 5) is 15.1. The molecule has 0 aliphatic heterocycles. The van der Waals surface area contributed by atoms with Gasteiger partial charge in [-0.05, 0) is 12.1 Å². The number of benzene rings is 1. The minimum absolute atomic E-state index is 0.0401. The van der Waals surface area contributed by atoms with Crippen LogP contribution in [0.15, 0.2) is 30.3 Å². The number of hydrogen-bond donors (Lipinski definition) is 1. The number of para-hydroxylation sites is 1. The van der Waals surface area contributed by atoms with E-state index in [9.17, 15) is 18.0 Å². The van der Waals surface area contributed by atoms with Gasteiger partial charge in [0.15, 0.2) is 0 Å². The summed E-state index contributed by atoms with van der Waals surface area (Å²) in [7, 11) is 1.39. The first-order valence-electron chi connectivity index (χ1n) is 5.12. The normalized spacial score (nSPS) is 11.6. The summed E-state index contributed by atoms with van der Waals surface area (Å²) in [6, 6.07) is 6.62. The van der Waals surface area contributed by atoms with Gasteiger partial charge in [0.1, 0.15) is 5.69 Å². The number of rotatable bonds is 1. The van der Waals surface area contributed by atoms with E-state index in [1.165, 1.54) is 31.3 Å². The third kappa shape index (κ3) is 2.13. The van der Waals surface area contributed by atoms with Crippen molar-refractivity contribution in [3.8, 4) is 0 Å². The molecule has 2 rings (SSSR count). The van der Waals surface area contributed by atoms with Gasteiger partial charge < -0.3 is 5.32 Å². The third-order valence-corrected chi connectivity index (χ3v) is 2.49. The highest BCUT2D eigenvalue weighted by atomic mass is 19.4. The Morgan fingerprint density at radius 2 is 1.94 bits per heavy atom. The maximum atomic E-state index is 12.8. The van der Waals surface area contributed by atoms with Crippen LogP contribution in [0.2, 0.25) is 0 Å². The predicted molar refractivity (Wildman–Crippen MR) is 60.1 cm³/mol. The van der Waals surface area contributed by atoms with Crippen molar-refractivity contribution in [2.45, 2.75) is 6.18 Å². The van der Waals surface area contributed by atoms with Crippen LogP contribution in [0.1, 0.15) is 16.1 Å². The predicted octanol–water partition coefficient (Wildman–Crippen LogP) is 2.61. The maximum Gasteiger partial charge on any atom is 0.418 e. The number of nitrogens with zero attached hydrogens (tertiary/aromatic N) is 1. The van der Waals surface area contributed by atoms with Gasteiger partial charge in [-0.2, -0.15) is 13.2 Å². The van der Waals surface area contributed by atoms with Crippen LogP contribution in [-0.2, 0) is 6.18 Å². The van der Waals surface area contributed by atoms with Gasteiger partial charge >= 0.3 is 6.18 Å². The molecule has 2 aromatic rings. The van der Waals surface area contributed by atoms with Gasteiger partial charge in [-0.1, -0.05) is 18.2 Å². The summed E-state index contributed by atoms with van der Waals surface area (Å²) in [5.74, 6) is -0.520. The molecule has 0 saturated heterocycles. The number of halogens is 3. The van der Waals surface area contributed by atoms with Gasteiger partial charge in [0.2, 0.25) is 0 Å². The van der Waals surface area contributed by atoms with E-state index >= 15 is 0 Å². The van der Waals surface area contributed by atoms with Gasteiger partial charge in [0.05, 0.1) is 11.1 Å². The summed E-state index contributed by atoms with van der Waals surface area (Å²) >= 11 is 0. The minimum Gasteiger partial charge on any atom is -0.354 e. The number of amides is 1. The van der Waals surface area contributed by atoms with Crippen molar-refractivity contribution in [1.29, 1.82) is 0 Å². The highest BCUT2D eigenvalue weighted by molar-refractivity contribution is 5.95. The topological polar surface area (TPSA) is 42.0 Å². The summed E-state index contributed by atoms with van der Waals surface area (Å²) in [5, 5.41) is 2.67. The van der Waals surface area contributed by atoms with Crippen LogP contribution in [0.25, 0.3) is 10.9 Å². The van der Waals surface area contributed by atoms with Crippen molar-refractivity contribution in [3.05, 3.63) is 41.6 Å². The largest absolute Gasteiger partial charge is 0.418 e. The van der Waals surface area contributed by atoms with E-state index in [4.69, 9.17) is 0 Å². The Hall–Kier alpha value is -2.11. The van der Waals surface area contributed by atoms with Crippen molar-refractivity contribution in [3.63, 3.8) is 0 Å². The zero-order chi connectivity index (χ0) is 13.3. The fourth-order valence-corrected chi connectivity index (χ4v) is 1.63. The molecule has 1 aromatic heterocycles. The number of fused-ring (bicyclic) bond motifs is 1. The van der Waals surface area contributed by atoms with Crippen molar-refractivity contribution in [2.24, 2.45) is 0 Å². The number of alkyl halides is 3. The molecule has 0 aliphatic carbocycles. The second-order valence-corrected chi connectivity index (χ2v) is 3.65. The molecule has 1 amide bonds. The highest BCUT2D eigenvalue weighted by Crippen LogP contribution is 2.33. The molecular weight excluding hydrogens is 245 g/mol. The molecule has 0 fully saturated rings. The average molecular weight is 254 g/mol. The van der Waals surface area contributed by atoms with Crippen molar-refractivity contribution in [2.75, 3.05) is 7.05 Å². The highest BCUT2D eigenvalue weighted by Gasteiger charge is 2.33. The van der Waals surface area contributed by atoms with Gasteiger partial charge in [-0.15, -0.1) is 0 Å². The van der Waals surface area contributed by atoms with Crippen molar-refractivity contribution >= 4 is 16.8 Å². The molecule has 94 valence electrons. The fraction of sp³-hybridized carbons (Fsp3) is 0.167. The number of aromatic nitrogens is 1. The van der Waals surface area contributed by atoms with Crippen LogP contribution < -0.4 is 5.32 Å². The first-order valence-corrected chi connectivity index (χ1v) is 5.12. The molecule has 0 bridgehead atoms. The SMILES string of the molecule is CNC(=O)c1ccc2cccc(C(F)(F)F)c2n1. The Morgan fingerprint density at radius 3 is 2.56 bits per heavy atom. The molecule has 0 aliphatic rings. The lowest BCUT2D eigenvalue weighted by Gasteiger charge is -2.10. The number of hydrogen-bond acceptors (Lipinski definition) is 2. The molecule has 1 N–H and O–H groups in total. The van der Waals surface area contributed by atoms with Crippen LogP contribution >= 0.6 is 0 Å². The minimum atomic E-state index is -4.49. The van der Waals surface area contributed by atoms with E-state index < -0.39 is 17.6 Å². The van der Waals surface area contributed by atoms with Crippen LogP contribution in [0, 0.1) is 0 Å². The average Bonchev–Trinajstić information content (AvgIpc) is 2.35. The number of carbonyl (C=O) groups excluding carboxylic acids is 1. The monoisotopic (exact) mass is 254 g/mol. The van der Waals surface area contributed by atoms with Crippen molar-refractivity contribution < 1.29 is 18.0 Å². The Morgan fingerprint density at radius 1 is 1.22 bits per heavy atom. The quantitative estimate of drug-likeness (QED) is 0.850. The molecule has 18 heavy (non-hydrogen) atoms. The molecule has 0 radical (unpaired) electrons. The van der Waals surface area contributed by atoms with E-state index in [0.29, 0.717) is 5.39 Å². The van der Waals surface area contributed by atoms with E-state index in [2.05, 4.69) is 10.3 Å². The van der Waals surface area contributed by atoms with Crippen LogP contribution in [-0.4, -0.2) is 17.9 Å². The number of nitrogens with one attached hydrogen (secondary N) is 1. The first kappa shape index (κ1) is 12.3. The van der Waals surface area contributed by atoms with Crippen LogP contribution in [0.5, 0.6) is 0 Å². The third-order valence-electron chi connectivity index (χ3n) is 2.49. The number of pyridine rings is 1. The Balaban J connectivity index is 2.70. The second-order valence-electron chi connectivity index (χ2n) is 3.65. The Kier molecular flexibility index (Phi) is 2.94. The van der Waals surface area contributed by atoms with Gasteiger partial charge in [0, 0.05) is 12.4 Å². The second kappa shape index (κ2) is 4.29. The zero-order valence-corrected chi connectivity index (χ0v) is 9.38. The van der Waals surface area contributed by atoms with Crippen LogP contribution in [0.4, 0.5) is 13.2 Å². The molecule has 0 saturated carbocycles. The molecule has 6 heteroatoms. The standard InChI is InChI=1S/C12H9F3N2O/c1-16-11(18)9-6-5-7-3-2-4-8(10(7)17-9)12(13,14)15/h2-6H,1H3,(H,16,18). The molecule has 1 heterocycles. The summed E-state index contributed by atoms with van der Waals surface area (Å²) in [5.41, 5.74) is -1.10. The van der Waals surface area contributed by atoms with Crippen LogP contribution in [0.3, 0.4) is 0 Å². The maximum absolute atomic E-state index is 12.8. The lowest BCUT2D eigenvalue weighted by atomic mass is 10.1. The summed E-state index contributed by atoms with van der Waals surface area (Å²) in [6.45, 7) is 0. The summed E-state index contributed by atoms with van der Waals surface area (Å²) in [6.07, 6.45) is -4.49. The first-order chi connectivity index (χ1) is 8.43. The zero-order valence-electron chi connectivity index (χ0n) is 9.38. The molecule has 0 unspecified atom stereocenters. The Labute approximate surface area is 101 Å². The molecule has 0 spiro atoms. The molecule has 1 aromatic carbocycles. The van der Waals surface area contributed by atoms with Gasteiger partial charge in [-0.3, -0.25) is 4.79 Å². The van der Waals surface area contributed by atoms with Gasteiger partial charge in [-0.25, -0.2) is 4.98 Å². The van der Waals surface area contributed by atoms with E-state index in [-0.39, 0.29) is 11.2 Å². The molecule has 0 atom stereocenters. The molecular formula is C12H9F3N2O. The lowest BCUT2D eigenvalue weighted by molar-refractivity contribution is -0.136. The van der Waals surface area contributed by atoms with E-state index in [1.807, 2.05) is 0 Å². The van der Waals surface area contributed by atoms with Gasteiger partial charge in [0.25, 0.3) is 5.91 Å². The molecule has 3 nitrogen and oxygen atoms in total. The van der Waals surface area contributed by atoms with E-state index in [0.717, 1.165) is 6.07 Å². The van der Waals surface area contributed by atoms with E-state index in [1.54, 1.807) is 0 Å². The lowest BCUT2D eigenvalue weighted by Crippen LogP contribution is -2.19. The number of carbonyl (C=O) groups is 1. The smallest absolute Gasteiger partial charge is 0.354 e. The fourth-order valence-electron chi connectivity index (χ4n) is 1.63. The van der Waals surface area contributed by atoms with Crippen molar-refractivity contribution in [1.82, 2.24) is 10.3 Å². The summed E-state index contributed by atoms with van der Waals surface area (Å²) < 4.78 is 38.4.